The van der Waals surface area contributed by atoms with E-state index in [1.807, 2.05) is 0 Å². The summed E-state index contributed by atoms with van der Waals surface area (Å²) in [6.45, 7) is 2.79. The zero-order chi connectivity index (χ0) is 15.1. The van der Waals surface area contributed by atoms with Gasteiger partial charge in [-0.2, -0.15) is 0 Å². The average Bonchev–Trinajstić information content (AvgIpc) is 2.24. The predicted octanol–water partition coefficient (Wildman–Crippen LogP) is 2.95. The molecule has 2 rings (SSSR count). The van der Waals surface area contributed by atoms with Crippen LogP contribution in [-0.2, 0) is 19.1 Å². The molecule has 1 aliphatic heterocycles. The van der Waals surface area contributed by atoms with Crippen molar-refractivity contribution in [1.82, 2.24) is 0 Å². The first-order valence-corrected chi connectivity index (χ1v) is 6.32. The minimum absolute atomic E-state index is 0.0629. The second-order valence-corrected chi connectivity index (χ2v) is 5.37. The molecular formula is C13H9BrF2O4. The second-order valence-electron chi connectivity index (χ2n) is 4.52. The fraction of sp³-hybridized carbons (Fsp3) is 0.231. The SMILES string of the molecule is CC1(C)OC(=O)C(=Cc2c(F)cc(F)cc2Br)C(=O)O1. The minimum Gasteiger partial charge on any atom is -0.419 e. The Morgan fingerprint density at radius 2 is 1.70 bits per heavy atom. The molecule has 1 fully saturated rings. The molecule has 106 valence electrons. The van der Waals surface area contributed by atoms with Crippen LogP contribution in [-0.4, -0.2) is 17.7 Å². The molecule has 0 atom stereocenters. The molecule has 0 aromatic heterocycles. The van der Waals surface area contributed by atoms with E-state index in [4.69, 9.17) is 9.47 Å². The molecule has 1 saturated heterocycles. The van der Waals surface area contributed by atoms with Gasteiger partial charge in [-0.05, 0) is 28.1 Å². The molecule has 0 unspecified atom stereocenters. The third-order valence-corrected chi connectivity index (χ3v) is 3.11. The number of ether oxygens (including phenoxy) is 2. The smallest absolute Gasteiger partial charge is 0.348 e. The maximum atomic E-state index is 13.7. The summed E-state index contributed by atoms with van der Waals surface area (Å²) in [6.07, 6.45) is 0.957. The van der Waals surface area contributed by atoms with Gasteiger partial charge in [0.25, 0.3) is 5.79 Å². The molecule has 0 spiro atoms. The van der Waals surface area contributed by atoms with Gasteiger partial charge in [0.2, 0.25) is 0 Å². The number of halogens is 3. The molecule has 7 heteroatoms. The Balaban J connectivity index is 2.46. The highest BCUT2D eigenvalue weighted by Gasteiger charge is 2.39. The van der Waals surface area contributed by atoms with Crippen molar-refractivity contribution in [2.45, 2.75) is 19.6 Å². The van der Waals surface area contributed by atoms with Crippen LogP contribution in [0.2, 0.25) is 0 Å². The number of rotatable bonds is 1. The first-order chi connectivity index (χ1) is 9.19. The largest absolute Gasteiger partial charge is 0.419 e. The van der Waals surface area contributed by atoms with Crippen molar-refractivity contribution in [2.24, 2.45) is 0 Å². The van der Waals surface area contributed by atoms with E-state index in [1.54, 1.807) is 0 Å². The van der Waals surface area contributed by atoms with Gasteiger partial charge < -0.3 is 9.47 Å². The van der Waals surface area contributed by atoms with Crippen molar-refractivity contribution in [1.29, 1.82) is 0 Å². The highest BCUT2D eigenvalue weighted by Crippen LogP contribution is 2.28. The van der Waals surface area contributed by atoms with Crippen molar-refractivity contribution in [3.63, 3.8) is 0 Å². The number of carbonyl (C=O) groups is 2. The summed E-state index contributed by atoms with van der Waals surface area (Å²) in [4.78, 5) is 23.4. The lowest BCUT2D eigenvalue weighted by molar-refractivity contribution is -0.222. The van der Waals surface area contributed by atoms with Crippen LogP contribution in [0.4, 0.5) is 8.78 Å². The Hall–Kier alpha value is -1.76. The molecule has 1 aromatic carbocycles. The first kappa shape index (κ1) is 14.6. The van der Waals surface area contributed by atoms with Gasteiger partial charge in [-0.3, -0.25) is 0 Å². The van der Waals surface area contributed by atoms with E-state index < -0.39 is 34.9 Å². The maximum absolute atomic E-state index is 13.7. The van der Waals surface area contributed by atoms with Crippen LogP contribution in [0.3, 0.4) is 0 Å². The number of cyclic esters (lactones) is 2. The van der Waals surface area contributed by atoms with E-state index in [-0.39, 0.29) is 10.0 Å². The lowest BCUT2D eigenvalue weighted by atomic mass is 10.1. The Labute approximate surface area is 121 Å². The summed E-state index contributed by atoms with van der Waals surface area (Å²) >= 11 is 2.96. The predicted molar refractivity (Wildman–Crippen MR) is 68.3 cm³/mol. The highest BCUT2D eigenvalue weighted by molar-refractivity contribution is 9.10. The van der Waals surface area contributed by atoms with Crippen LogP contribution < -0.4 is 0 Å². The molecule has 20 heavy (non-hydrogen) atoms. The Kier molecular flexibility index (Phi) is 3.64. The molecule has 0 aliphatic carbocycles. The molecule has 1 aromatic rings. The fourth-order valence-corrected chi connectivity index (χ4v) is 2.14. The normalized spacial score (nSPS) is 17.6. The molecule has 0 N–H and O–H groups in total. The third-order valence-electron chi connectivity index (χ3n) is 2.45. The highest BCUT2D eigenvalue weighted by atomic mass is 79.9. The van der Waals surface area contributed by atoms with Gasteiger partial charge in [0.15, 0.2) is 0 Å². The topological polar surface area (TPSA) is 52.6 Å². The Morgan fingerprint density at radius 3 is 2.20 bits per heavy atom. The van der Waals surface area contributed by atoms with Crippen LogP contribution in [0.15, 0.2) is 22.2 Å². The zero-order valence-corrected chi connectivity index (χ0v) is 12.1. The van der Waals surface area contributed by atoms with Gasteiger partial charge >= 0.3 is 11.9 Å². The van der Waals surface area contributed by atoms with Crippen molar-refractivity contribution in [2.75, 3.05) is 0 Å². The van der Waals surface area contributed by atoms with Crippen molar-refractivity contribution in [3.05, 3.63) is 39.4 Å². The van der Waals surface area contributed by atoms with Crippen molar-refractivity contribution >= 4 is 33.9 Å². The summed E-state index contributed by atoms with van der Waals surface area (Å²) in [5.41, 5.74) is -0.606. The summed E-state index contributed by atoms with van der Waals surface area (Å²) in [5.74, 6) is -4.94. The lowest BCUT2D eigenvalue weighted by Crippen LogP contribution is -2.41. The number of carbonyl (C=O) groups excluding carboxylic acids is 2. The summed E-state index contributed by atoms with van der Waals surface area (Å²) in [5, 5.41) is 0. The molecule has 1 heterocycles. The standard InChI is InChI=1S/C13H9BrF2O4/c1-13(2)19-11(17)8(12(18)20-13)5-7-9(14)3-6(15)4-10(7)16/h3-5H,1-2H3. The van der Waals surface area contributed by atoms with E-state index in [0.29, 0.717) is 6.07 Å². The number of hydrogen-bond acceptors (Lipinski definition) is 4. The van der Waals surface area contributed by atoms with Gasteiger partial charge in [-0.15, -0.1) is 0 Å². The van der Waals surface area contributed by atoms with Crippen LogP contribution in [0.25, 0.3) is 6.08 Å². The van der Waals surface area contributed by atoms with Gasteiger partial charge in [0.1, 0.15) is 17.2 Å². The summed E-state index contributed by atoms with van der Waals surface area (Å²) < 4.78 is 36.4. The molecule has 1 aliphatic rings. The van der Waals surface area contributed by atoms with Gasteiger partial charge in [-0.1, -0.05) is 0 Å². The van der Waals surface area contributed by atoms with Crippen LogP contribution in [0, 0.1) is 11.6 Å². The van der Waals surface area contributed by atoms with Gasteiger partial charge in [0.05, 0.1) is 0 Å². The van der Waals surface area contributed by atoms with E-state index in [0.717, 1.165) is 12.1 Å². The van der Waals surface area contributed by atoms with E-state index >= 15 is 0 Å². The van der Waals surface area contributed by atoms with Crippen LogP contribution >= 0.6 is 15.9 Å². The number of benzene rings is 1. The van der Waals surface area contributed by atoms with Gasteiger partial charge in [0, 0.05) is 30.0 Å². The zero-order valence-electron chi connectivity index (χ0n) is 10.5. The lowest BCUT2D eigenvalue weighted by Gasteiger charge is -2.29. The fourth-order valence-electron chi connectivity index (χ4n) is 1.61. The van der Waals surface area contributed by atoms with E-state index in [1.165, 1.54) is 13.8 Å². The molecule has 4 nitrogen and oxygen atoms in total. The Morgan fingerprint density at radius 1 is 1.15 bits per heavy atom. The van der Waals surface area contributed by atoms with Crippen LogP contribution in [0.1, 0.15) is 19.4 Å². The monoisotopic (exact) mass is 346 g/mol. The van der Waals surface area contributed by atoms with Crippen LogP contribution in [0.5, 0.6) is 0 Å². The average molecular weight is 347 g/mol. The molecule has 0 saturated carbocycles. The van der Waals surface area contributed by atoms with E-state index in [9.17, 15) is 18.4 Å². The Bertz CT molecular complexity index is 592. The quantitative estimate of drug-likeness (QED) is 0.445. The first-order valence-electron chi connectivity index (χ1n) is 5.52. The second kappa shape index (κ2) is 4.97. The van der Waals surface area contributed by atoms with Gasteiger partial charge in [-0.25, -0.2) is 18.4 Å². The molecular weight excluding hydrogens is 338 g/mol. The summed E-state index contributed by atoms with van der Waals surface area (Å²) in [7, 11) is 0. The maximum Gasteiger partial charge on any atom is 0.348 e. The minimum atomic E-state index is -1.37. The molecule has 0 radical (unpaired) electrons. The molecule has 0 amide bonds. The van der Waals surface area contributed by atoms with E-state index in [2.05, 4.69) is 15.9 Å². The van der Waals surface area contributed by atoms with Crippen molar-refractivity contribution in [3.8, 4) is 0 Å². The summed E-state index contributed by atoms with van der Waals surface area (Å²) in [6, 6.07) is 1.65. The molecule has 0 bridgehead atoms. The van der Waals surface area contributed by atoms with Crippen molar-refractivity contribution < 1.29 is 27.8 Å². The number of hydrogen-bond donors (Lipinski definition) is 0. The third kappa shape index (κ3) is 2.87. The number of esters is 2.